The molecule has 0 amide bonds. The van der Waals surface area contributed by atoms with Gasteiger partial charge in [-0.2, -0.15) is 0 Å². The molecule has 11 aromatic carbocycles. The van der Waals surface area contributed by atoms with Crippen molar-refractivity contribution in [2.75, 3.05) is 4.90 Å². The van der Waals surface area contributed by atoms with Crippen LogP contribution in [0.3, 0.4) is 0 Å². The molecule has 0 radical (unpaired) electrons. The van der Waals surface area contributed by atoms with Gasteiger partial charge in [0.2, 0.25) is 0 Å². The normalized spacial score (nSPS) is 12.6. The van der Waals surface area contributed by atoms with Crippen LogP contribution in [-0.2, 0) is 5.41 Å². The Labute approximate surface area is 407 Å². The first-order valence-electron chi connectivity index (χ1n) is 23.9. The van der Waals surface area contributed by atoms with Gasteiger partial charge in [0.05, 0.1) is 0 Å². The van der Waals surface area contributed by atoms with E-state index in [0.29, 0.717) is 0 Å². The van der Waals surface area contributed by atoms with E-state index in [4.69, 9.17) is 0 Å². The summed E-state index contributed by atoms with van der Waals surface area (Å²) in [6, 6.07) is 91.7. The molecule has 1 heterocycles. The molecule has 0 spiro atoms. The number of fused-ring (bicyclic) bond motifs is 8. The number of benzene rings is 11. The molecule has 0 atom stereocenters. The summed E-state index contributed by atoms with van der Waals surface area (Å²) < 4.78 is 2.65. The summed E-state index contributed by atoms with van der Waals surface area (Å²) in [6.45, 7) is 4.81. The van der Waals surface area contributed by atoms with E-state index >= 15 is 0 Å². The standard InChI is InChI=1S/C67H47NS/c1-67(2)60-26-13-11-23-59(60)64-63(62(56-21-9-10-22-57(56)65(64)67)49-30-28-46(29-31-49)44-16-5-3-6-17-44)50-36-42-53(43-37-50)68(51-38-32-47(33-39-51)45-18-7-4-8-19-45)52-40-34-48(35-41-52)54-24-15-25-58-55-20-12-14-27-61(55)69-66(54)58/h3-43H,1-2H3. The van der Waals surface area contributed by atoms with Crippen molar-refractivity contribution in [3.63, 3.8) is 0 Å². The van der Waals surface area contributed by atoms with E-state index in [1.807, 2.05) is 11.3 Å². The maximum atomic E-state index is 2.40. The van der Waals surface area contributed by atoms with E-state index in [2.05, 4.69) is 267 Å². The van der Waals surface area contributed by atoms with E-state index in [9.17, 15) is 0 Å². The van der Waals surface area contributed by atoms with Crippen LogP contribution >= 0.6 is 11.3 Å². The van der Waals surface area contributed by atoms with E-state index < -0.39 is 0 Å². The van der Waals surface area contributed by atoms with Crippen molar-refractivity contribution in [2.24, 2.45) is 0 Å². The molecule has 13 rings (SSSR count). The Kier molecular flexibility index (Phi) is 9.78. The molecule has 1 aliphatic rings. The first-order valence-corrected chi connectivity index (χ1v) is 24.7. The molecule has 0 aliphatic heterocycles. The van der Waals surface area contributed by atoms with Gasteiger partial charge in [0.25, 0.3) is 0 Å². The van der Waals surface area contributed by atoms with Crippen molar-refractivity contribution in [3.05, 3.63) is 260 Å². The average Bonchev–Trinajstić information content (AvgIpc) is 3.92. The van der Waals surface area contributed by atoms with Gasteiger partial charge < -0.3 is 4.90 Å². The summed E-state index contributed by atoms with van der Waals surface area (Å²) in [7, 11) is 0. The molecule has 326 valence electrons. The zero-order chi connectivity index (χ0) is 46.1. The van der Waals surface area contributed by atoms with Gasteiger partial charge in [-0.1, -0.05) is 220 Å². The van der Waals surface area contributed by atoms with Crippen LogP contribution in [-0.4, -0.2) is 0 Å². The zero-order valence-electron chi connectivity index (χ0n) is 38.5. The van der Waals surface area contributed by atoms with Crippen molar-refractivity contribution in [1.82, 2.24) is 0 Å². The van der Waals surface area contributed by atoms with Crippen LogP contribution in [0.4, 0.5) is 17.1 Å². The lowest BCUT2D eigenvalue weighted by Gasteiger charge is -2.27. The zero-order valence-corrected chi connectivity index (χ0v) is 39.3. The first-order chi connectivity index (χ1) is 34.0. The highest BCUT2D eigenvalue weighted by Crippen LogP contribution is 2.58. The summed E-state index contributed by atoms with van der Waals surface area (Å²) in [4.78, 5) is 2.40. The molecule has 1 nitrogen and oxygen atoms in total. The molecule has 0 bridgehead atoms. The van der Waals surface area contributed by atoms with E-state index in [1.54, 1.807) is 0 Å². The predicted octanol–water partition coefficient (Wildman–Crippen LogP) is 19.3. The summed E-state index contributed by atoms with van der Waals surface area (Å²) in [5.41, 5.74) is 20.8. The van der Waals surface area contributed by atoms with Crippen molar-refractivity contribution in [1.29, 1.82) is 0 Å². The summed E-state index contributed by atoms with van der Waals surface area (Å²) in [5.74, 6) is 0. The molecule has 0 N–H and O–H groups in total. The van der Waals surface area contributed by atoms with Crippen LogP contribution in [0.1, 0.15) is 25.0 Å². The minimum Gasteiger partial charge on any atom is -0.311 e. The van der Waals surface area contributed by atoms with Gasteiger partial charge >= 0.3 is 0 Å². The quantitative estimate of drug-likeness (QED) is 0.147. The van der Waals surface area contributed by atoms with Gasteiger partial charge in [-0.15, -0.1) is 11.3 Å². The van der Waals surface area contributed by atoms with E-state index in [0.717, 1.165) is 17.1 Å². The number of hydrogen-bond donors (Lipinski definition) is 0. The van der Waals surface area contributed by atoms with Gasteiger partial charge in [0, 0.05) is 42.6 Å². The van der Waals surface area contributed by atoms with Gasteiger partial charge in [-0.3, -0.25) is 0 Å². The Morgan fingerprint density at radius 1 is 0.304 bits per heavy atom. The SMILES string of the molecule is CC1(C)c2ccccc2-c2c(-c3ccc(N(c4ccc(-c5ccccc5)cc4)c4ccc(-c5cccc6c5sc5ccccc56)cc4)cc3)c(-c3ccc(-c4ccccc4)cc3)c3ccccc3c21. The molecule has 1 aliphatic carbocycles. The molecular weight excluding hydrogens is 851 g/mol. The fourth-order valence-corrected chi connectivity index (χ4v) is 12.4. The smallest absolute Gasteiger partial charge is 0.0462 e. The molecular formula is C67H47NS. The third-order valence-corrected chi connectivity index (χ3v) is 15.7. The Hall–Kier alpha value is -8.30. The molecule has 0 unspecified atom stereocenters. The fraction of sp³-hybridized carbons (Fsp3) is 0.0448. The number of hydrogen-bond acceptors (Lipinski definition) is 2. The molecule has 0 saturated heterocycles. The highest BCUT2D eigenvalue weighted by Gasteiger charge is 2.40. The lowest BCUT2D eigenvalue weighted by atomic mass is 9.77. The summed E-state index contributed by atoms with van der Waals surface area (Å²) in [5, 5.41) is 5.22. The monoisotopic (exact) mass is 897 g/mol. The lowest BCUT2D eigenvalue weighted by Crippen LogP contribution is -2.15. The highest BCUT2D eigenvalue weighted by molar-refractivity contribution is 7.26. The van der Waals surface area contributed by atoms with Crippen LogP contribution in [0.5, 0.6) is 0 Å². The largest absolute Gasteiger partial charge is 0.311 e. The molecule has 2 heteroatoms. The Bertz CT molecular complexity index is 3870. The van der Waals surface area contributed by atoms with Crippen LogP contribution in [0.25, 0.3) is 97.7 Å². The lowest BCUT2D eigenvalue weighted by molar-refractivity contribution is 0.666. The maximum Gasteiger partial charge on any atom is 0.0462 e. The second kappa shape index (κ2) is 16.5. The average molecular weight is 898 g/mol. The van der Waals surface area contributed by atoms with Gasteiger partial charge in [-0.25, -0.2) is 0 Å². The summed E-state index contributed by atoms with van der Waals surface area (Å²) >= 11 is 1.88. The Balaban J connectivity index is 0.975. The molecule has 12 aromatic rings. The molecule has 0 fully saturated rings. The van der Waals surface area contributed by atoms with Crippen molar-refractivity contribution >= 4 is 59.3 Å². The summed E-state index contributed by atoms with van der Waals surface area (Å²) in [6.07, 6.45) is 0. The topological polar surface area (TPSA) is 3.24 Å². The van der Waals surface area contributed by atoms with Crippen molar-refractivity contribution in [2.45, 2.75) is 19.3 Å². The number of thiophene rings is 1. The first kappa shape index (κ1) is 40.9. The molecule has 69 heavy (non-hydrogen) atoms. The molecule has 1 aromatic heterocycles. The van der Waals surface area contributed by atoms with Crippen molar-refractivity contribution < 1.29 is 0 Å². The highest BCUT2D eigenvalue weighted by atomic mass is 32.1. The number of rotatable bonds is 8. The third kappa shape index (κ3) is 6.82. The number of nitrogens with zero attached hydrogens (tertiary/aromatic N) is 1. The fourth-order valence-electron chi connectivity index (χ4n) is 11.2. The van der Waals surface area contributed by atoms with Gasteiger partial charge in [0.1, 0.15) is 0 Å². The van der Waals surface area contributed by atoms with Gasteiger partial charge in [-0.05, 0) is 131 Å². The minimum atomic E-state index is -0.187. The third-order valence-electron chi connectivity index (χ3n) is 14.5. The number of anilines is 3. The Morgan fingerprint density at radius 3 is 1.38 bits per heavy atom. The predicted molar refractivity (Wildman–Crippen MR) is 296 cm³/mol. The van der Waals surface area contributed by atoms with Crippen LogP contribution in [0, 0.1) is 0 Å². The maximum absolute atomic E-state index is 2.40. The molecule has 0 saturated carbocycles. The van der Waals surface area contributed by atoms with E-state index in [-0.39, 0.29) is 5.41 Å². The van der Waals surface area contributed by atoms with Crippen LogP contribution < -0.4 is 4.90 Å². The van der Waals surface area contributed by atoms with Crippen LogP contribution in [0.2, 0.25) is 0 Å². The van der Waals surface area contributed by atoms with Crippen molar-refractivity contribution in [3.8, 4) is 66.8 Å². The Morgan fingerprint density at radius 2 is 0.739 bits per heavy atom. The second-order valence-electron chi connectivity index (χ2n) is 18.8. The van der Waals surface area contributed by atoms with Crippen LogP contribution in [0.15, 0.2) is 249 Å². The van der Waals surface area contributed by atoms with E-state index in [1.165, 1.54) is 109 Å². The second-order valence-corrected chi connectivity index (χ2v) is 19.8. The minimum absolute atomic E-state index is 0.187. The van der Waals surface area contributed by atoms with Gasteiger partial charge in [0.15, 0.2) is 0 Å².